The van der Waals surface area contributed by atoms with Gasteiger partial charge in [0.25, 0.3) is 5.91 Å². The summed E-state index contributed by atoms with van der Waals surface area (Å²) in [5.74, 6) is -0.888. The van der Waals surface area contributed by atoms with Crippen LogP contribution in [0, 0.1) is 19.7 Å². The predicted molar refractivity (Wildman–Crippen MR) is 109 cm³/mol. The summed E-state index contributed by atoms with van der Waals surface area (Å²) < 4.78 is 23.4. The van der Waals surface area contributed by atoms with E-state index in [0.29, 0.717) is 16.6 Å². The number of amides is 1. The zero-order chi connectivity index (χ0) is 20.8. The SMILES string of the molecule is Cc1ccc(C)c(OCC(=O)OCC(=O)Nc2nc(-c3ccc(F)cc3)cs2)c1. The zero-order valence-electron chi connectivity index (χ0n) is 15.9. The second kappa shape index (κ2) is 9.29. The van der Waals surface area contributed by atoms with Crippen LogP contribution in [0.25, 0.3) is 11.3 Å². The minimum atomic E-state index is -0.646. The molecule has 6 nitrogen and oxygen atoms in total. The number of hydrogen-bond donors (Lipinski definition) is 1. The van der Waals surface area contributed by atoms with E-state index in [0.717, 1.165) is 16.7 Å². The molecule has 8 heteroatoms. The highest BCUT2D eigenvalue weighted by atomic mass is 32.1. The lowest BCUT2D eigenvalue weighted by Gasteiger charge is -2.09. The summed E-state index contributed by atoms with van der Waals surface area (Å²) in [6.07, 6.45) is 0. The third-order valence-corrected chi connectivity index (χ3v) is 4.70. The molecule has 0 saturated carbocycles. The van der Waals surface area contributed by atoms with Gasteiger partial charge in [-0.2, -0.15) is 0 Å². The van der Waals surface area contributed by atoms with Gasteiger partial charge in [0.2, 0.25) is 0 Å². The van der Waals surface area contributed by atoms with Gasteiger partial charge in [0.1, 0.15) is 11.6 Å². The van der Waals surface area contributed by atoms with Gasteiger partial charge >= 0.3 is 5.97 Å². The lowest BCUT2D eigenvalue weighted by atomic mass is 10.1. The third-order valence-electron chi connectivity index (χ3n) is 3.94. The van der Waals surface area contributed by atoms with Gasteiger partial charge < -0.3 is 9.47 Å². The van der Waals surface area contributed by atoms with E-state index in [1.807, 2.05) is 32.0 Å². The Morgan fingerprint density at radius 1 is 1.10 bits per heavy atom. The number of rotatable bonds is 7. The molecule has 0 aliphatic heterocycles. The average molecular weight is 414 g/mol. The lowest BCUT2D eigenvalue weighted by Crippen LogP contribution is -2.23. The first-order valence-corrected chi connectivity index (χ1v) is 9.65. The first kappa shape index (κ1) is 20.5. The van der Waals surface area contributed by atoms with Crippen molar-refractivity contribution in [1.82, 2.24) is 4.98 Å². The standard InChI is InChI=1S/C21H19FN2O4S/c1-13-3-4-14(2)18(9-13)27-11-20(26)28-10-19(25)24-21-23-17(12-29-21)15-5-7-16(22)8-6-15/h3-9,12H,10-11H2,1-2H3,(H,23,24,25). The molecule has 0 radical (unpaired) electrons. The summed E-state index contributed by atoms with van der Waals surface area (Å²) in [5, 5.41) is 4.67. The summed E-state index contributed by atoms with van der Waals surface area (Å²) >= 11 is 1.22. The number of hydrogen-bond acceptors (Lipinski definition) is 6. The maximum Gasteiger partial charge on any atom is 0.344 e. The predicted octanol–water partition coefficient (Wildman–Crippen LogP) is 4.13. The van der Waals surface area contributed by atoms with Crippen molar-refractivity contribution in [1.29, 1.82) is 0 Å². The fourth-order valence-electron chi connectivity index (χ4n) is 2.43. The van der Waals surface area contributed by atoms with Crippen LogP contribution in [0.5, 0.6) is 5.75 Å². The molecule has 1 amide bonds. The molecular formula is C21H19FN2O4S. The quantitative estimate of drug-likeness (QED) is 0.589. The third kappa shape index (κ3) is 5.86. The number of carbonyl (C=O) groups excluding carboxylic acids is 2. The molecule has 0 saturated heterocycles. The number of esters is 1. The number of benzene rings is 2. The van der Waals surface area contributed by atoms with Crippen molar-refractivity contribution in [3.05, 3.63) is 64.8 Å². The molecule has 0 atom stereocenters. The summed E-state index contributed by atoms with van der Waals surface area (Å²) in [5.41, 5.74) is 3.27. The molecule has 1 heterocycles. The largest absolute Gasteiger partial charge is 0.482 e. The van der Waals surface area contributed by atoms with Crippen LogP contribution in [0.4, 0.5) is 9.52 Å². The number of nitrogens with one attached hydrogen (secondary N) is 1. The first-order chi connectivity index (χ1) is 13.9. The molecule has 29 heavy (non-hydrogen) atoms. The molecule has 2 aromatic carbocycles. The fraction of sp³-hybridized carbons (Fsp3) is 0.190. The molecule has 0 fully saturated rings. The van der Waals surface area contributed by atoms with Gasteiger partial charge in [-0.3, -0.25) is 10.1 Å². The average Bonchev–Trinajstić information content (AvgIpc) is 3.16. The monoisotopic (exact) mass is 414 g/mol. The number of aryl methyl sites for hydroxylation is 2. The zero-order valence-corrected chi connectivity index (χ0v) is 16.7. The number of anilines is 1. The minimum Gasteiger partial charge on any atom is -0.482 e. The van der Waals surface area contributed by atoms with Crippen LogP contribution in [0.1, 0.15) is 11.1 Å². The highest BCUT2D eigenvalue weighted by molar-refractivity contribution is 7.14. The normalized spacial score (nSPS) is 10.4. The van der Waals surface area contributed by atoms with Crippen LogP contribution in [0.15, 0.2) is 47.8 Å². The summed E-state index contributed by atoms with van der Waals surface area (Å²) in [7, 11) is 0. The molecule has 0 aliphatic rings. The van der Waals surface area contributed by atoms with Crippen molar-refractivity contribution in [3.63, 3.8) is 0 Å². The Bertz CT molecular complexity index is 1020. The van der Waals surface area contributed by atoms with Crippen LogP contribution in [0.3, 0.4) is 0 Å². The Kier molecular flexibility index (Phi) is 6.56. The maximum absolute atomic E-state index is 13.0. The molecule has 1 aromatic heterocycles. The Labute approximate surface area is 171 Å². The van der Waals surface area contributed by atoms with Gasteiger partial charge in [-0.05, 0) is 55.3 Å². The van der Waals surface area contributed by atoms with E-state index < -0.39 is 18.5 Å². The van der Waals surface area contributed by atoms with Crippen molar-refractivity contribution in [2.24, 2.45) is 0 Å². The molecular weight excluding hydrogens is 395 g/mol. The maximum atomic E-state index is 13.0. The van der Waals surface area contributed by atoms with Crippen molar-refractivity contribution in [3.8, 4) is 17.0 Å². The number of ether oxygens (including phenoxy) is 2. The number of halogens is 1. The summed E-state index contributed by atoms with van der Waals surface area (Å²) in [6, 6.07) is 11.6. The van der Waals surface area contributed by atoms with E-state index in [4.69, 9.17) is 9.47 Å². The number of thiazole rings is 1. The Morgan fingerprint density at radius 2 is 1.86 bits per heavy atom. The van der Waals surface area contributed by atoms with Crippen LogP contribution >= 0.6 is 11.3 Å². The first-order valence-electron chi connectivity index (χ1n) is 8.78. The van der Waals surface area contributed by atoms with E-state index in [9.17, 15) is 14.0 Å². The topological polar surface area (TPSA) is 77.5 Å². The summed E-state index contributed by atoms with van der Waals surface area (Å²) in [4.78, 5) is 28.1. The van der Waals surface area contributed by atoms with Crippen LogP contribution < -0.4 is 10.1 Å². The van der Waals surface area contributed by atoms with Crippen molar-refractivity contribution in [2.45, 2.75) is 13.8 Å². The fourth-order valence-corrected chi connectivity index (χ4v) is 3.16. The summed E-state index contributed by atoms with van der Waals surface area (Å²) in [6.45, 7) is 3.07. The van der Waals surface area contributed by atoms with Gasteiger partial charge in [0.05, 0.1) is 5.69 Å². The molecule has 0 aliphatic carbocycles. The van der Waals surface area contributed by atoms with E-state index in [1.54, 1.807) is 17.5 Å². The number of aromatic nitrogens is 1. The molecule has 150 valence electrons. The molecule has 0 spiro atoms. The van der Waals surface area contributed by atoms with Crippen molar-refractivity contribution < 1.29 is 23.5 Å². The minimum absolute atomic E-state index is 0.288. The van der Waals surface area contributed by atoms with Gasteiger partial charge in [-0.1, -0.05) is 12.1 Å². The Hall–Kier alpha value is -3.26. The van der Waals surface area contributed by atoms with E-state index >= 15 is 0 Å². The Morgan fingerprint density at radius 3 is 2.62 bits per heavy atom. The van der Waals surface area contributed by atoms with Gasteiger partial charge in [-0.15, -0.1) is 11.3 Å². The Balaban J connectivity index is 1.45. The van der Waals surface area contributed by atoms with Crippen LogP contribution in [0.2, 0.25) is 0 Å². The lowest BCUT2D eigenvalue weighted by molar-refractivity contribution is -0.149. The van der Waals surface area contributed by atoms with E-state index in [2.05, 4.69) is 10.3 Å². The van der Waals surface area contributed by atoms with Crippen LogP contribution in [-0.2, 0) is 14.3 Å². The van der Waals surface area contributed by atoms with Crippen molar-refractivity contribution >= 4 is 28.3 Å². The van der Waals surface area contributed by atoms with Gasteiger partial charge in [0, 0.05) is 10.9 Å². The number of nitrogens with zero attached hydrogens (tertiary/aromatic N) is 1. The van der Waals surface area contributed by atoms with E-state index in [1.165, 1.54) is 23.5 Å². The number of carbonyl (C=O) groups is 2. The van der Waals surface area contributed by atoms with Gasteiger partial charge in [0.15, 0.2) is 18.3 Å². The highest BCUT2D eigenvalue weighted by Gasteiger charge is 2.12. The molecule has 3 rings (SSSR count). The van der Waals surface area contributed by atoms with Gasteiger partial charge in [-0.25, -0.2) is 14.2 Å². The highest BCUT2D eigenvalue weighted by Crippen LogP contribution is 2.25. The van der Waals surface area contributed by atoms with Crippen molar-refractivity contribution in [2.75, 3.05) is 18.5 Å². The molecule has 1 N–H and O–H groups in total. The molecule has 3 aromatic rings. The second-order valence-electron chi connectivity index (χ2n) is 6.31. The smallest absolute Gasteiger partial charge is 0.344 e. The second-order valence-corrected chi connectivity index (χ2v) is 7.17. The van der Waals surface area contributed by atoms with Crippen LogP contribution in [-0.4, -0.2) is 30.1 Å². The molecule has 0 bridgehead atoms. The van der Waals surface area contributed by atoms with E-state index in [-0.39, 0.29) is 12.4 Å². The molecule has 0 unspecified atom stereocenters.